The van der Waals surface area contributed by atoms with Crippen LogP contribution in [0.4, 0.5) is 15.6 Å². The first kappa shape index (κ1) is 22.8. The van der Waals surface area contributed by atoms with Crippen LogP contribution < -0.4 is 19.7 Å². The fourth-order valence-electron chi connectivity index (χ4n) is 3.86. The lowest BCUT2D eigenvalue weighted by Crippen LogP contribution is -2.55. The van der Waals surface area contributed by atoms with Crippen molar-refractivity contribution in [2.75, 3.05) is 44.1 Å². The first-order valence-electron chi connectivity index (χ1n) is 10.9. The molecule has 0 spiro atoms. The quantitative estimate of drug-likeness (QED) is 0.585. The number of carbonyl (C=O) groups excluding carboxylic acids is 1. The van der Waals surface area contributed by atoms with Gasteiger partial charge in [0.2, 0.25) is 5.13 Å². The van der Waals surface area contributed by atoms with Crippen molar-refractivity contribution in [3.63, 3.8) is 0 Å². The number of ether oxygens (including phenoxy) is 2. The second-order valence-corrected chi connectivity index (χ2v) is 8.87. The summed E-state index contributed by atoms with van der Waals surface area (Å²) < 4.78 is 15.2. The third kappa shape index (κ3) is 5.36. The zero-order valence-electron chi connectivity index (χ0n) is 19.4. The Morgan fingerprint density at radius 1 is 1.15 bits per heavy atom. The zero-order valence-corrected chi connectivity index (χ0v) is 20.2. The van der Waals surface area contributed by atoms with Gasteiger partial charge in [-0.2, -0.15) is 4.37 Å². The van der Waals surface area contributed by atoms with Crippen LogP contribution in [0.15, 0.2) is 42.5 Å². The predicted molar refractivity (Wildman–Crippen MR) is 131 cm³/mol. The van der Waals surface area contributed by atoms with Crippen molar-refractivity contribution in [2.24, 2.45) is 0 Å². The van der Waals surface area contributed by atoms with Gasteiger partial charge in [-0.25, -0.2) is 9.78 Å². The van der Waals surface area contributed by atoms with E-state index in [1.165, 1.54) is 22.7 Å². The Morgan fingerprint density at radius 3 is 2.64 bits per heavy atom. The van der Waals surface area contributed by atoms with E-state index in [1.807, 2.05) is 11.8 Å². The van der Waals surface area contributed by atoms with Gasteiger partial charge in [-0.15, -0.1) is 0 Å². The molecule has 0 saturated carbocycles. The van der Waals surface area contributed by atoms with Crippen LogP contribution in [0, 0.1) is 6.92 Å². The average Bonchev–Trinajstić information content (AvgIpc) is 3.29. The molecule has 33 heavy (non-hydrogen) atoms. The molecule has 174 valence electrons. The number of urea groups is 1. The number of aryl methyl sites for hydroxylation is 1. The molecule has 3 aromatic rings. The van der Waals surface area contributed by atoms with E-state index < -0.39 is 0 Å². The molecule has 0 aliphatic carbocycles. The van der Waals surface area contributed by atoms with Crippen molar-refractivity contribution in [3.05, 3.63) is 59.4 Å². The van der Waals surface area contributed by atoms with E-state index in [0.29, 0.717) is 36.8 Å². The van der Waals surface area contributed by atoms with Gasteiger partial charge in [0.25, 0.3) is 0 Å². The maximum absolute atomic E-state index is 13.0. The summed E-state index contributed by atoms with van der Waals surface area (Å²) in [6.45, 7) is 6.13. The van der Waals surface area contributed by atoms with Crippen molar-refractivity contribution in [1.29, 1.82) is 0 Å². The number of nitrogens with zero attached hydrogens (tertiary/aromatic N) is 4. The largest absolute Gasteiger partial charge is 0.497 e. The maximum Gasteiger partial charge on any atom is 0.322 e. The Balaban J connectivity index is 1.36. The first-order valence-corrected chi connectivity index (χ1v) is 11.7. The molecule has 0 bridgehead atoms. The average molecular weight is 468 g/mol. The predicted octanol–water partition coefficient (Wildman–Crippen LogP) is 4.20. The molecule has 8 nitrogen and oxygen atoms in total. The summed E-state index contributed by atoms with van der Waals surface area (Å²) >= 11 is 1.42. The van der Waals surface area contributed by atoms with E-state index in [4.69, 9.17) is 14.5 Å². The van der Waals surface area contributed by atoms with Crippen molar-refractivity contribution in [1.82, 2.24) is 14.3 Å². The lowest BCUT2D eigenvalue weighted by Gasteiger charge is -2.39. The van der Waals surface area contributed by atoms with Crippen LogP contribution in [0.1, 0.15) is 23.9 Å². The Bertz CT molecular complexity index is 1100. The van der Waals surface area contributed by atoms with Crippen molar-refractivity contribution < 1.29 is 14.3 Å². The first-order chi connectivity index (χ1) is 16.0. The summed E-state index contributed by atoms with van der Waals surface area (Å²) in [7, 11) is 3.17. The topological polar surface area (TPSA) is 79.8 Å². The van der Waals surface area contributed by atoms with Crippen molar-refractivity contribution >= 4 is 28.4 Å². The molecule has 0 radical (unpaired) electrons. The molecule has 1 aliphatic rings. The number of carbonyl (C=O) groups is 1. The molecule has 1 saturated heterocycles. The van der Waals surface area contributed by atoms with E-state index in [-0.39, 0.29) is 12.1 Å². The number of anilines is 2. The van der Waals surface area contributed by atoms with Gasteiger partial charge < -0.3 is 24.6 Å². The zero-order chi connectivity index (χ0) is 23.4. The standard InChI is InChI=1S/C24H29N5O3S/c1-16-5-7-18(8-6-16)13-22-26-24(33-27-22)28-11-12-29(17(2)15-28)23(30)25-20-10-9-19(31-3)14-21(20)32-4/h5-10,14,17H,11-13,15H2,1-4H3,(H,25,30). The Labute approximate surface area is 198 Å². The number of amides is 2. The molecule has 1 unspecified atom stereocenters. The lowest BCUT2D eigenvalue weighted by atomic mass is 10.1. The molecular weight excluding hydrogens is 438 g/mol. The van der Waals surface area contributed by atoms with Crippen LogP contribution in [0.2, 0.25) is 0 Å². The molecule has 2 heterocycles. The molecule has 4 rings (SSSR count). The Hall–Kier alpha value is -3.33. The highest BCUT2D eigenvalue weighted by molar-refractivity contribution is 7.09. The van der Waals surface area contributed by atoms with Crippen LogP contribution in [0.5, 0.6) is 11.5 Å². The summed E-state index contributed by atoms with van der Waals surface area (Å²) in [6.07, 6.45) is 0.721. The molecular formula is C24H29N5O3S. The Morgan fingerprint density at radius 2 is 1.94 bits per heavy atom. The number of piperazine rings is 1. The second-order valence-electron chi connectivity index (χ2n) is 8.14. The van der Waals surface area contributed by atoms with Crippen molar-refractivity contribution in [2.45, 2.75) is 26.3 Å². The molecule has 2 amide bonds. The highest BCUT2D eigenvalue weighted by atomic mass is 32.1. The minimum absolute atomic E-state index is 0.0208. The van der Waals surface area contributed by atoms with Crippen LogP contribution in [-0.2, 0) is 6.42 Å². The van der Waals surface area contributed by atoms with E-state index in [1.54, 1.807) is 32.4 Å². The highest BCUT2D eigenvalue weighted by Gasteiger charge is 2.29. The van der Waals surface area contributed by atoms with Crippen LogP contribution in [-0.4, -0.2) is 60.2 Å². The summed E-state index contributed by atoms with van der Waals surface area (Å²) in [5.74, 6) is 2.06. The van der Waals surface area contributed by atoms with Gasteiger partial charge in [-0.1, -0.05) is 29.8 Å². The number of methoxy groups -OCH3 is 2. The van der Waals surface area contributed by atoms with Gasteiger partial charge in [0, 0.05) is 49.7 Å². The van der Waals surface area contributed by atoms with Gasteiger partial charge in [-0.3, -0.25) is 0 Å². The third-order valence-corrected chi connectivity index (χ3v) is 6.56. The number of rotatable bonds is 6. The minimum atomic E-state index is -0.150. The summed E-state index contributed by atoms with van der Waals surface area (Å²) in [5.41, 5.74) is 3.06. The smallest absolute Gasteiger partial charge is 0.322 e. The maximum atomic E-state index is 13.0. The van der Waals surface area contributed by atoms with Gasteiger partial charge in [-0.05, 0) is 31.5 Å². The fourth-order valence-corrected chi connectivity index (χ4v) is 4.58. The van der Waals surface area contributed by atoms with Gasteiger partial charge in [0.15, 0.2) is 0 Å². The summed E-state index contributed by atoms with van der Waals surface area (Å²) in [4.78, 5) is 21.8. The van der Waals surface area contributed by atoms with Crippen LogP contribution in [0.3, 0.4) is 0 Å². The van der Waals surface area contributed by atoms with E-state index >= 15 is 0 Å². The monoisotopic (exact) mass is 467 g/mol. The van der Waals surface area contributed by atoms with Gasteiger partial charge >= 0.3 is 6.03 Å². The van der Waals surface area contributed by atoms with Crippen LogP contribution >= 0.6 is 11.5 Å². The lowest BCUT2D eigenvalue weighted by molar-refractivity contribution is 0.184. The van der Waals surface area contributed by atoms with E-state index in [9.17, 15) is 4.79 Å². The molecule has 1 aliphatic heterocycles. The highest BCUT2D eigenvalue weighted by Crippen LogP contribution is 2.30. The summed E-state index contributed by atoms with van der Waals surface area (Å²) in [6, 6.07) is 13.7. The molecule has 1 N–H and O–H groups in total. The summed E-state index contributed by atoms with van der Waals surface area (Å²) in [5, 5.41) is 3.87. The van der Waals surface area contributed by atoms with E-state index in [0.717, 1.165) is 17.4 Å². The number of aromatic nitrogens is 2. The molecule has 1 fully saturated rings. The molecule has 1 aromatic heterocycles. The SMILES string of the molecule is COc1ccc(NC(=O)N2CCN(c3nc(Cc4ccc(C)cc4)ns3)CC2C)c(OC)c1. The van der Waals surface area contributed by atoms with E-state index in [2.05, 4.69) is 45.8 Å². The Kier molecular flexibility index (Phi) is 6.98. The van der Waals surface area contributed by atoms with Crippen molar-refractivity contribution in [3.8, 4) is 11.5 Å². The third-order valence-electron chi connectivity index (χ3n) is 5.75. The molecule has 9 heteroatoms. The minimum Gasteiger partial charge on any atom is -0.497 e. The van der Waals surface area contributed by atoms with Gasteiger partial charge in [0.05, 0.1) is 19.9 Å². The molecule has 2 aromatic carbocycles. The fraction of sp³-hybridized carbons (Fsp3) is 0.375. The normalized spacial score (nSPS) is 15.9. The number of benzene rings is 2. The van der Waals surface area contributed by atoms with Gasteiger partial charge in [0.1, 0.15) is 17.3 Å². The number of nitrogens with one attached hydrogen (secondary N) is 1. The number of hydrogen-bond acceptors (Lipinski definition) is 7. The molecule has 1 atom stereocenters. The van der Waals surface area contributed by atoms with Crippen LogP contribution in [0.25, 0.3) is 0 Å². The number of hydrogen-bond donors (Lipinski definition) is 1. The second kappa shape index (κ2) is 10.1.